The van der Waals surface area contributed by atoms with Crippen molar-refractivity contribution in [2.45, 2.75) is 62.3 Å². The van der Waals surface area contributed by atoms with E-state index in [1.807, 2.05) is 6.07 Å². The second-order valence-electron chi connectivity index (χ2n) is 5.99. The van der Waals surface area contributed by atoms with Crippen molar-refractivity contribution in [1.29, 1.82) is 0 Å². The van der Waals surface area contributed by atoms with Gasteiger partial charge < -0.3 is 9.84 Å². The number of unbranched alkanes of at least 4 members (excludes halogenated alkanes) is 6. The summed E-state index contributed by atoms with van der Waals surface area (Å²) in [6.07, 6.45) is 8.60. The molecule has 1 rings (SSSR count). The average molecular weight is 464 g/mol. The smallest absolute Gasteiger partial charge is 0.339 e. The molecule has 0 aliphatic heterocycles. The predicted octanol–water partition coefficient (Wildman–Crippen LogP) is 5.54. The lowest BCUT2D eigenvalue weighted by Crippen LogP contribution is -2.19. The largest absolute Gasteiger partial charge is 0.462 e. The third kappa shape index (κ3) is 9.80. The van der Waals surface area contributed by atoms with Gasteiger partial charge in [-0.2, -0.15) is 0 Å². The maximum absolute atomic E-state index is 11.9. The van der Waals surface area contributed by atoms with Gasteiger partial charge in [-0.1, -0.05) is 101 Å². The van der Waals surface area contributed by atoms with Crippen LogP contribution in [0.3, 0.4) is 0 Å². The average Bonchev–Trinajstić information content (AvgIpc) is 2.62. The summed E-state index contributed by atoms with van der Waals surface area (Å²) in [4.78, 5) is 12.0. The van der Waals surface area contributed by atoms with Crippen molar-refractivity contribution in [3.8, 4) is 0 Å². The molecule has 0 amide bonds. The zero-order chi connectivity index (χ0) is 17.6. The van der Waals surface area contributed by atoms with Crippen molar-refractivity contribution in [2.24, 2.45) is 0 Å². The van der Waals surface area contributed by atoms with E-state index in [0.29, 0.717) is 12.2 Å². The van der Waals surface area contributed by atoms with E-state index in [2.05, 4.69) is 31.9 Å². The summed E-state index contributed by atoms with van der Waals surface area (Å²) in [6, 6.07) is 8.86. The molecule has 0 aromatic heterocycles. The van der Waals surface area contributed by atoms with Crippen LogP contribution < -0.4 is 0 Å². The number of aliphatic hydroxyl groups is 1. The van der Waals surface area contributed by atoms with E-state index in [9.17, 15) is 9.90 Å². The summed E-state index contributed by atoms with van der Waals surface area (Å²) < 4.78 is 5.20. The highest BCUT2D eigenvalue weighted by molar-refractivity contribution is 9.09. The van der Waals surface area contributed by atoms with Crippen LogP contribution in [0.1, 0.15) is 63.0 Å². The fourth-order valence-corrected chi connectivity index (χ4v) is 3.30. The van der Waals surface area contributed by atoms with Crippen LogP contribution in [0.25, 0.3) is 0 Å². The van der Waals surface area contributed by atoms with Crippen LogP contribution in [0, 0.1) is 0 Å². The summed E-state index contributed by atoms with van der Waals surface area (Å²) in [7, 11) is 0. The predicted molar refractivity (Wildman–Crippen MR) is 106 cm³/mol. The van der Waals surface area contributed by atoms with Gasteiger partial charge in [-0.15, -0.1) is 0 Å². The van der Waals surface area contributed by atoms with Gasteiger partial charge in [0.1, 0.15) is 6.61 Å². The van der Waals surface area contributed by atoms with E-state index in [1.165, 1.54) is 38.5 Å². The Hall–Kier alpha value is -0.390. The first-order chi connectivity index (χ1) is 11.6. The molecule has 136 valence electrons. The summed E-state index contributed by atoms with van der Waals surface area (Å²) in [5, 5.41) is 11.1. The number of hydrogen-bond donors (Lipinski definition) is 1. The Kier molecular flexibility index (Phi) is 12.5. The zero-order valence-corrected chi connectivity index (χ0v) is 17.3. The van der Waals surface area contributed by atoms with E-state index in [4.69, 9.17) is 4.74 Å². The fraction of sp³-hybridized carbons (Fsp3) is 0.632. The van der Waals surface area contributed by atoms with Crippen molar-refractivity contribution >= 4 is 37.8 Å². The van der Waals surface area contributed by atoms with Crippen LogP contribution in [-0.2, 0) is 9.53 Å². The van der Waals surface area contributed by atoms with Crippen LogP contribution in [-0.4, -0.2) is 27.8 Å². The molecule has 0 spiro atoms. The van der Waals surface area contributed by atoms with E-state index in [1.54, 1.807) is 24.3 Å². The molecule has 0 heterocycles. The van der Waals surface area contributed by atoms with Gasteiger partial charge in [0.15, 0.2) is 6.10 Å². The lowest BCUT2D eigenvalue weighted by atomic mass is 10.1. The first-order valence-corrected chi connectivity index (χ1v) is 10.8. The number of rotatable bonds is 13. The quantitative estimate of drug-likeness (QED) is 0.237. The topological polar surface area (TPSA) is 46.5 Å². The third-order valence-electron chi connectivity index (χ3n) is 3.90. The van der Waals surface area contributed by atoms with Crippen LogP contribution in [0.2, 0.25) is 0 Å². The minimum Gasteiger partial charge on any atom is -0.462 e. The summed E-state index contributed by atoms with van der Waals surface area (Å²) in [5.74, 6) is -0.586. The Labute approximate surface area is 162 Å². The number of esters is 1. The maximum Gasteiger partial charge on any atom is 0.339 e. The van der Waals surface area contributed by atoms with Crippen molar-refractivity contribution < 1.29 is 14.6 Å². The lowest BCUT2D eigenvalue weighted by Gasteiger charge is -2.14. The van der Waals surface area contributed by atoms with Crippen molar-refractivity contribution in [1.82, 2.24) is 0 Å². The Balaban J connectivity index is 2.07. The zero-order valence-electron chi connectivity index (χ0n) is 14.1. The minimum absolute atomic E-state index is 0.151. The van der Waals surface area contributed by atoms with Crippen LogP contribution in [0.4, 0.5) is 0 Å². The minimum atomic E-state index is -1.20. The molecule has 2 atom stereocenters. The van der Waals surface area contributed by atoms with Gasteiger partial charge >= 0.3 is 5.97 Å². The SMILES string of the molecule is O=C(OCC(Br)CCCCCCCCCBr)[C@@H](O)c1ccccc1. The summed E-state index contributed by atoms with van der Waals surface area (Å²) in [6.45, 7) is 0.300. The Morgan fingerprint density at radius 3 is 2.21 bits per heavy atom. The molecule has 0 bridgehead atoms. The molecule has 0 fully saturated rings. The molecule has 1 unspecified atom stereocenters. The maximum atomic E-state index is 11.9. The van der Waals surface area contributed by atoms with Gasteiger partial charge in [0.2, 0.25) is 0 Å². The molecule has 0 saturated carbocycles. The van der Waals surface area contributed by atoms with E-state index >= 15 is 0 Å². The van der Waals surface area contributed by atoms with Crippen molar-refractivity contribution in [2.75, 3.05) is 11.9 Å². The van der Waals surface area contributed by atoms with Gasteiger partial charge in [-0.3, -0.25) is 0 Å². The molecular formula is C19H28Br2O3. The highest BCUT2D eigenvalue weighted by Crippen LogP contribution is 2.17. The molecule has 0 saturated heterocycles. The number of hydrogen-bond acceptors (Lipinski definition) is 3. The highest BCUT2D eigenvalue weighted by Gasteiger charge is 2.19. The molecule has 1 aromatic rings. The number of benzene rings is 1. The Bertz CT molecular complexity index is 439. The molecule has 0 aliphatic rings. The molecule has 3 nitrogen and oxygen atoms in total. The normalized spacial score (nSPS) is 13.5. The van der Waals surface area contributed by atoms with E-state index in [0.717, 1.165) is 18.2 Å². The molecule has 0 aliphatic carbocycles. The van der Waals surface area contributed by atoms with Gasteiger partial charge in [0.05, 0.1) is 0 Å². The monoisotopic (exact) mass is 462 g/mol. The Morgan fingerprint density at radius 1 is 1.00 bits per heavy atom. The lowest BCUT2D eigenvalue weighted by molar-refractivity contribution is -0.153. The highest BCUT2D eigenvalue weighted by atomic mass is 79.9. The summed E-state index contributed by atoms with van der Waals surface area (Å²) >= 11 is 7.00. The van der Waals surface area contributed by atoms with E-state index < -0.39 is 12.1 Å². The molecule has 1 N–H and O–H groups in total. The number of carbonyl (C=O) groups is 1. The van der Waals surface area contributed by atoms with Crippen LogP contribution >= 0.6 is 31.9 Å². The second-order valence-corrected chi connectivity index (χ2v) is 8.08. The Morgan fingerprint density at radius 2 is 1.58 bits per heavy atom. The van der Waals surface area contributed by atoms with Crippen molar-refractivity contribution in [3.63, 3.8) is 0 Å². The van der Waals surface area contributed by atoms with Crippen LogP contribution in [0.5, 0.6) is 0 Å². The molecular weight excluding hydrogens is 436 g/mol. The molecule has 5 heteroatoms. The molecule has 24 heavy (non-hydrogen) atoms. The number of halogens is 2. The van der Waals surface area contributed by atoms with Crippen molar-refractivity contribution in [3.05, 3.63) is 35.9 Å². The van der Waals surface area contributed by atoms with Gasteiger partial charge in [-0.25, -0.2) is 4.79 Å². The van der Waals surface area contributed by atoms with Crippen LogP contribution in [0.15, 0.2) is 30.3 Å². The second kappa shape index (κ2) is 13.9. The number of ether oxygens (including phenoxy) is 1. The molecule has 1 aromatic carbocycles. The first-order valence-electron chi connectivity index (χ1n) is 8.75. The van der Waals surface area contributed by atoms with Gasteiger partial charge in [0, 0.05) is 10.2 Å². The molecule has 0 radical (unpaired) electrons. The summed E-state index contributed by atoms with van der Waals surface area (Å²) in [5.41, 5.74) is 0.563. The fourth-order valence-electron chi connectivity index (χ4n) is 2.45. The number of carbonyl (C=O) groups excluding carboxylic acids is 1. The number of alkyl halides is 2. The standard InChI is InChI=1S/C19H28Br2O3/c20-14-10-5-3-1-2-4-9-13-17(21)15-24-19(23)18(22)16-11-7-6-8-12-16/h6-8,11-12,17-18,22H,1-5,9-10,13-15H2/t17?,18-/m0/s1. The number of aliphatic hydroxyl groups excluding tert-OH is 1. The third-order valence-corrected chi connectivity index (χ3v) is 5.18. The van der Waals surface area contributed by atoms with E-state index in [-0.39, 0.29) is 4.83 Å². The van der Waals surface area contributed by atoms with Gasteiger partial charge in [-0.05, 0) is 18.4 Å². The first kappa shape index (κ1) is 21.7. The van der Waals surface area contributed by atoms with Gasteiger partial charge in [0.25, 0.3) is 0 Å².